The summed E-state index contributed by atoms with van der Waals surface area (Å²) in [6, 6.07) is -0.294. The quantitative estimate of drug-likeness (QED) is 0.828. The number of nitrogens with two attached hydrogens (primary N) is 1. The molecule has 1 rings (SSSR count). The molecule has 0 fully saturated rings. The maximum absolute atomic E-state index is 13.4. The first-order chi connectivity index (χ1) is 8.14. The van der Waals surface area contributed by atoms with Crippen LogP contribution in [0.4, 0.5) is 22.0 Å². The van der Waals surface area contributed by atoms with Gasteiger partial charge in [-0.05, 0) is 18.6 Å². The fourth-order valence-electron chi connectivity index (χ4n) is 1.66. The van der Waals surface area contributed by atoms with E-state index < -0.39 is 35.0 Å². The van der Waals surface area contributed by atoms with Gasteiger partial charge in [-0.15, -0.1) is 0 Å². The second kappa shape index (κ2) is 4.81. The van der Waals surface area contributed by atoms with Crippen LogP contribution in [0.1, 0.15) is 18.9 Å². The van der Waals surface area contributed by atoms with E-state index in [4.69, 9.17) is 5.73 Å². The van der Waals surface area contributed by atoms with Gasteiger partial charge in [-0.25, -0.2) is 8.78 Å². The van der Waals surface area contributed by atoms with Gasteiger partial charge in [0.2, 0.25) is 5.60 Å². The average molecular weight is 269 g/mol. The molecule has 0 amide bonds. The van der Waals surface area contributed by atoms with Crippen molar-refractivity contribution in [1.82, 2.24) is 0 Å². The minimum Gasteiger partial charge on any atom is -0.375 e. The standard InChI is InChI=1S/C11H12F5NO/c1-2-9(17)10(18,11(14,15)16)7-4-3-6(12)5-8(7)13/h3-5,9,18H,2,17H2,1H3. The van der Waals surface area contributed by atoms with E-state index in [1.807, 2.05) is 0 Å². The fourth-order valence-corrected chi connectivity index (χ4v) is 1.66. The number of hydrogen-bond acceptors (Lipinski definition) is 2. The van der Waals surface area contributed by atoms with Crippen LogP contribution in [0.3, 0.4) is 0 Å². The Hall–Kier alpha value is -1.21. The summed E-state index contributed by atoms with van der Waals surface area (Å²) < 4.78 is 64.9. The molecule has 3 N–H and O–H groups in total. The van der Waals surface area contributed by atoms with Crippen LogP contribution in [-0.4, -0.2) is 17.3 Å². The Morgan fingerprint density at radius 3 is 2.22 bits per heavy atom. The highest BCUT2D eigenvalue weighted by Crippen LogP contribution is 2.42. The van der Waals surface area contributed by atoms with Gasteiger partial charge in [0.05, 0.1) is 0 Å². The van der Waals surface area contributed by atoms with E-state index in [2.05, 4.69) is 0 Å². The fraction of sp³-hybridized carbons (Fsp3) is 0.455. The normalized spacial score (nSPS) is 17.3. The van der Waals surface area contributed by atoms with Crippen LogP contribution in [0.25, 0.3) is 0 Å². The lowest BCUT2D eigenvalue weighted by molar-refractivity contribution is -0.275. The van der Waals surface area contributed by atoms with Crippen molar-refractivity contribution in [3.05, 3.63) is 35.4 Å². The summed E-state index contributed by atoms with van der Waals surface area (Å²) in [7, 11) is 0. The molecule has 0 aliphatic rings. The number of rotatable bonds is 3. The molecule has 1 aromatic rings. The van der Waals surface area contributed by atoms with E-state index in [1.165, 1.54) is 6.92 Å². The van der Waals surface area contributed by atoms with Gasteiger partial charge >= 0.3 is 6.18 Å². The van der Waals surface area contributed by atoms with E-state index in [1.54, 1.807) is 0 Å². The molecule has 7 heteroatoms. The Morgan fingerprint density at radius 2 is 1.83 bits per heavy atom. The summed E-state index contributed by atoms with van der Waals surface area (Å²) in [5.41, 5.74) is 0.626. The highest BCUT2D eigenvalue weighted by atomic mass is 19.4. The summed E-state index contributed by atoms with van der Waals surface area (Å²) in [5, 5.41) is 9.75. The predicted molar refractivity (Wildman–Crippen MR) is 54.6 cm³/mol. The van der Waals surface area contributed by atoms with Crippen molar-refractivity contribution >= 4 is 0 Å². The van der Waals surface area contributed by atoms with Gasteiger partial charge in [-0.1, -0.05) is 6.92 Å². The summed E-state index contributed by atoms with van der Waals surface area (Å²) in [4.78, 5) is 0. The van der Waals surface area contributed by atoms with E-state index in [9.17, 15) is 27.1 Å². The molecule has 0 saturated heterocycles. The van der Waals surface area contributed by atoms with E-state index in [0.29, 0.717) is 12.1 Å². The van der Waals surface area contributed by atoms with Gasteiger partial charge in [0.1, 0.15) is 11.6 Å². The second-order valence-corrected chi connectivity index (χ2v) is 3.90. The second-order valence-electron chi connectivity index (χ2n) is 3.90. The molecule has 0 aliphatic heterocycles. The van der Waals surface area contributed by atoms with Crippen molar-refractivity contribution in [3.8, 4) is 0 Å². The Kier molecular flexibility index (Phi) is 3.97. The van der Waals surface area contributed by atoms with Crippen molar-refractivity contribution in [2.75, 3.05) is 0 Å². The molecule has 0 spiro atoms. The predicted octanol–water partition coefficient (Wildman–Crippen LogP) is 2.45. The minimum absolute atomic E-state index is 0.229. The molecule has 0 aromatic heterocycles. The van der Waals surface area contributed by atoms with Gasteiger partial charge in [0, 0.05) is 17.7 Å². The molecule has 0 bridgehead atoms. The summed E-state index contributed by atoms with van der Waals surface area (Å²) in [5.74, 6) is -2.52. The highest BCUT2D eigenvalue weighted by Gasteiger charge is 2.59. The van der Waals surface area contributed by atoms with Gasteiger partial charge < -0.3 is 10.8 Å². The summed E-state index contributed by atoms with van der Waals surface area (Å²) in [6.07, 6.45) is -5.39. The minimum atomic E-state index is -5.17. The van der Waals surface area contributed by atoms with Gasteiger partial charge in [-0.2, -0.15) is 13.2 Å². The molecule has 0 saturated carbocycles. The van der Waals surface area contributed by atoms with Crippen LogP contribution in [0.15, 0.2) is 18.2 Å². The van der Waals surface area contributed by atoms with Gasteiger partial charge in [0.25, 0.3) is 0 Å². The zero-order valence-electron chi connectivity index (χ0n) is 9.43. The number of halogens is 5. The van der Waals surface area contributed by atoms with Crippen molar-refractivity contribution in [1.29, 1.82) is 0 Å². The lowest BCUT2D eigenvalue weighted by Gasteiger charge is -2.35. The van der Waals surface area contributed by atoms with Crippen LogP contribution >= 0.6 is 0 Å². The Balaban J connectivity index is 3.45. The van der Waals surface area contributed by atoms with Crippen LogP contribution in [0, 0.1) is 11.6 Å². The third-order valence-corrected chi connectivity index (χ3v) is 2.75. The summed E-state index contributed by atoms with van der Waals surface area (Å²) >= 11 is 0. The third-order valence-electron chi connectivity index (χ3n) is 2.75. The van der Waals surface area contributed by atoms with Gasteiger partial charge in [0.15, 0.2) is 0 Å². The monoisotopic (exact) mass is 269 g/mol. The van der Waals surface area contributed by atoms with Crippen LogP contribution in [0.2, 0.25) is 0 Å². The molecular weight excluding hydrogens is 257 g/mol. The Labute approximate surface area is 100 Å². The topological polar surface area (TPSA) is 46.2 Å². The summed E-state index contributed by atoms with van der Waals surface area (Å²) in [6.45, 7) is 1.32. The maximum atomic E-state index is 13.4. The van der Waals surface area contributed by atoms with Crippen molar-refractivity contribution in [2.45, 2.75) is 31.2 Å². The molecule has 0 radical (unpaired) electrons. The molecule has 1 aromatic carbocycles. The molecule has 2 nitrogen and oxygen atoms in total. The molecule has 18 heavy (non-hydrogen) atoms. The largest absolute Gasteiger partial charge is 0.423 e. The third kappa shape index (κ3) is 2.32. The van der Waals surface area contributed by atoms with Crippen LogP contribution < -0.4 is 5.73 Å². The number of hydrogen-bond donors (Lipinski definition) is 2. The molecule has 0 heterocycles. The first kappa shape index (κ1) is 14.8. The van der Waals surface area contributed by atoms with Gasteiger partial charge in [-0.3, -0.25) is 0 Å². The first-order valence-corrected chi connectivity index (χ1v) is 5.14. The lowest BCUT2D eigenvalue weighted by Crippen LogP contribution is -2.55. The lowest BCUT2D eigenvalue weighted by atomic mass is 9.84. The first-order valence-electron chi connectivity index (χ1n) is 5.14. The van der Waals surface area contributed by atoms with E-state index >= 15 is 0 Å². The molecule has 2 atom stereocenters. The number of benzene rings is 1. The smallest absolute Gasteiger partial charge is 0.375 e. The van der Waals surface area contributed by atoms with Crippen molar-refractivity contribution in [3.63, 3.8) is 0 Å². The average Bonchev–Trinajstić information content (AvgIpc) is 2.25. The zero-order valence-corrected chi connectivity index (χ0v) is 9.43. The van der Waals surface area contributed by atoms with Crippen LogP contribution in [-0.2, 0) is 5.60 Å². The van der Waals surface area contributed by atoms with Crippen LogP contribution in [0.5, 0.6) is 0 Å². The Morgan fingerprint density at radius 1 is 1.28 bits per heavy atom. The zero-order chi connectivity index (χ0) is 14.1. The molecule has 0 aliphatic carbocycles. The highest BCUT2D eigenvalue weighted by molar-refractivity contribution is 5.28. The number of aliphatic hydroxyl groups is 1. The molecular formula is C11H12F5NO. The SMILES string of the molecule is CCC(N)C(O)(c1ccc(F)cc1F)C(F)(F)F. The molecule has 2 unspecified atom stereocenters. The maximum Gasteiger partial charge on any atom is 0.423 e. The number of alkyl halides is 3. The Bertz CT molecular complexity index is 434. The van der Waals surface area contributed by atoms with Crippen molar-refractivity contribution < 1.29 is 27.1 Å². The molecule has 102 valence electrons. The van der Waals surface area contributed by atoms with E-state index in [-0.39, 0.29) is 12.5 Å². The van der Waals surface area contributed by atoms with E-state index in [0.717, 1.165) is 0 Å². The van der Waals surface area contributed by atoms with Crippen molar-refractivity contribution in [2.24, 2.45) is 5.73 Å².